The third-order valence-electron chi connectivity index (χ3n) is 5.69. The van der Waals surface area contributed by atoms with Crippen molar-refractivity contribution in [3.05, 3.63) is 0 Å². The van der Waals surface area contributed by atoms with Gasteiger partial charge in [0.15, 0.2) is 11.9 Å². The second-order valence-corrected chi connectivity index (χ2v) is 8.75. The summed E-state index contributed by atoms with van der Waals surface area (Å²) in [6, 6.07) is -4.73. The molecule has 0 spiro atoms. The minimum Gasteiger partial charge on any atom is -0.481 e. The number of nitrogens with one attached hydrogen (secondary N) is 2. The average molecular weight is 543 g/mol. The lowest BCUT2D eigenvalue weighted by Gasteiger charge is -2.28. The molecular formula is C21H38N10O7. The van der Waals surface area contributed by atoms with E-state index in [1.54, 1.807) is 0 Å². The molecule has 0 aromatic rings. The topological polar surface area (TPSA) is 308 Å². The van der Waals surface area contributed by atoms with Crippen molar-refractivity contribution in [2.45, 2.75) is 69.1 Å². The van der Waals surface area contributed by atoms with Gasteiger partial charge in [-0.25, -0.2) is 4.79 Å². The van der Waals surface area contributed by atoms with Gasteiger partial charge in [0.1, 0.15) is 18.1 Å². The standard InChI is InChI=1S/C21H38N10O7/c22-11(10-15(32)33)18(36)31-9-3-6-14(31)17(35)29-12(4-1-7-27-20(23)24)16(34)30-13(19(37)38)5-2-8-28-21(25)26/h11-14H,1-10,22H2,(H,29,35)(H,30,34)(H,32,33)(H,37,38)(H4,23,24,27)(H4,25,26,28). The van der Waals surface area contributed by atoms with Crippen molar-refractivity contribution in [2.24, 2.45) is 38.7 Å². The summed E-state index contributed by atoms with van der Waals surface area (Å²) < 4.78 is 0. The average Bonchev–Trinajstić information content (AvgIpc) is 3.31. The van der Waals surface area contributed by atoms with Crippen LogP contribution in [0.15, 0.2) is 9.98 Å². The van der Waals surface area contributed by atoms with Gasteiger partial charge >= 0.3 is 11.9 Å². The maximum absolute atomic E-state index is 13.1. The van der Waals surface area contributed by atoms with Crippen LogP contribution in [0.3, 0.4) is 0 Å². The van der Waals surface area contributed by atoms with Crippen LogP contribution in [0.25, 0.3) is 0 Å². The molecule has 1 aliphatic heterocycles. The number of guanidine groups is 2. The van der Waals surface area contributed by atoms with Crippen molar-refractivity contribution in [2.75, 3.05) is 19.6 Å². The largest absolute Gasteiger partial charge is 0.481 e. The molecule has 1 saturated heterocycles. The molecule has 14 N–H and O–H groups in total. The predicted molar refractivity (Wildman–Crippen MR) is 136 cm³/mol. The molecule has 0 aliphatic carbocycles. The second-order valence-electron chi connectivity index (χ2n) is 8.75. The lowest BCUT2D eigenvalue weighted by Crippen LogP contribution is -2.56. The van der Waals surface area contributed by atoms with Crippen LogP contribution in [0.2, 0.25) is 0 Å². The fourth-order valence-electron chi connectivity index (χ4n) is 3.87. The third kappa shape index (κ3) is 11.3. The zero-order chi connectivity index (χ0) is 28.8. The Balaban J connectivity index is 2.95. The summed E-state index contributed by atoms with van der Waals surface area (Å²) in [4.78, 5) is 70.1. The second kappa shape index (κ2) is 15.9. The zero-order valence-corrected chi connectivity index (χ0v) is 21.0. The van der Waals surface area contributed by atoms with Gasteiger partial charge in [-0.1, -0.05) is 0 Å². The number of aliphatic carboxylic acids is 2. The van der Waals surface area contributed by atoms with Crippen LogP contribution in [0, 0.1) is 0 Å². The first-order chi connectivity index (χ1) is 17.8. The fourth-order valence-corrected chi connectivity index (χ4v) is 3.87. The molecule has 17 nitrogen and oxygen atoms in total. The summed E-state index contributed by atoms with van der Waals surface area (Å²) in [6.45, 7) is 0.514. The number of carbonyl (C=O) groups is 5. The van der Waals surface area contributed by atoms with Crippen molar-refractivity contribution in [1.82, 2.24) is 15.5 Å². The van der Waals surface area contributed by atoms with E-state index in [2.05, 4.69) is 20.6 Å². The minimum atomic E-state index is -1.32. The van der Waals surface area contributed by atoms with Gasteiger partial charge in [0.2, 0.25) is 17.7 Å². The molecule has 1 aliphatic rings. The number of rotatable bonds is 16. The Hall–Kier alpha value is -4.15. The number of hydrogen-bond donors (Lipinski definition) is 9. The highest BCUT2D eigenvalue weighted by Gasteiger charge is 2.38. The fraction of sp³-hybridized carbons (Fsp3) is 0.667. The van der Waals surface area contributed by atoms with Gasteiger partial charge in [0.05, 0.1) is 12.5 Å². The minimum absolute atomic E-state index is 0.0267. The zero-order valence-electron chi connectivity index (χ0n) is 21.0. The Labute approximate surface area is 219 Å². The molecule has 1 heterocycles. The summed E-state index contributed by atoms with van der Waals surface area (Å²) in [5.41, 5.74) is 26.8. The van der Waals surface area contributed by atoms with Crippen LogP contribution in [0.1, 0.15) is 44.9 Å². The molecule has 0 saturated carbocycles. The Kier molecular flexibility index (Phi) is 13.3. The highest BCUT2D eigenvalue weighted by Crippen LogP contribution is 2.19. The Bertz CT molecular complexity index is 918. The maximum atomic E-state index is 13.1. The number of carbonyl (C=O) groups excluding carboxylic acids is 3. The van der Waals surface area contributed by atoms with E-state index in [-0.39, 0.29) is 63.7 Å². The van der Waals surface area contributed by atoms with E-state index in [0.717, 1.165) is 0 Å². The number of amides is 3. The van der Waals surface area contributed by atoms with E-state index >= 15 is 0 Å². The smallest absolute Gasteiger partial charge is 0.326 e. The summed E-state index contributed by atoms with van der Waals surface area (Å²) >= 11 is 0. The monoisotopic (exact) mass is 542 g/mol. The number of nitrogens with zero attached hydrogens (tertiary/aromatic N) is 3. The van der Waals surface area contributed by atoms with E-state index in [0.29, 0.717) is 6.42 Å². The number of carboxylic acid groups (broad SMARTS) is 2. The van der Waals surface area contributed by atoms with E-state index in [1.165, 1.54) is 4.90 Å². The quantitative estimate of drug-likeness (QED) is 0.0511. The van der Waals surface area contributed by atoms with Gasteiger partial charge in [-0.2, -0.15) is 0 Å². The lowest BCUT2D eigenvalue weighted by molar-refractivity contribution is -0.144. The summed E-state index contributed by atoms with van der Waals surface area (Å²) in [5.74, 6) is -4.93. The number of hydrogen-bond acceptors (Lipinski definition) is 8. The van der Waals surface area contributed by atoms with Crippen LogP contribution in [0.4, 0.5) is 0 Å². The van der Waals surface area contributed by atoms with Crippen molar-refractivity contribution < 1.29 is 34.2 Å². The number of likely N-dealkylation sites (tertiary alicyclic amines) is 1. The molecule has 0 aromatic heterocycles. The van der Waals surface area contributed by atoms with E-state index < -0.39 is 60.2 Å². The predicted octanol–water partition coefficient (Wildman–Crippen LogP) is -4.06. The Morgan fingerprint density at radius 3 is 1.95 bits per heavy atom. The molecule has 0 radical (unpaired) electrons. The third-order valence-corrected chi connectivity index (χ3v) is 5.69. The van der Waals surface area contributed by atoms with E-state index in [1.807, 2.05) is 0 Å². The van der Waals surface area contributed by atoms with Gasteiger partial charge in [-0.05, 0) is 38.5 Å². The van der Waals surface area contributed by atoms with Gasteiger partial charge < -0.3 is 54.4 Å². The first kappa shape index (κ1) is 31.9. The van der Waals surface area contributed by atoms with Gasteiger partial charge in [-0.15, -0.1) is 0 Å². The molecule has 4 atom stereocenters. The van der Waals surface area contributed by atoms with E-state index in [9.17, 15) is 29.1 Å². The Morgan fingerprint density at radius 2 is 1.45 bits per heavy atom. The molecule has 214 valence electrons. The van der Waals surface area contributed by atoms with Gasteiger partial charge in [0, 0.05) is 19.6 Å². The number of nitrogens with two attached hydrogens (primary N) is 5. The Morgan fingerprint density at radius 1 is 0.895 bits per heavy atom. The number of aliphatic imine (C=N–C) groups is 2. The van der Waals surface area contributed by atoms with E-state index in [4.69, 9.17) is 33.8 Å². The molecule has 1 rings (SSSR count). The molecular weight excluding hydrogens is 504 g/mol. The molecule has 3 amide bonds. The van der Waals surface area contributed by atoms with Gasteiger partial charge in [0.25, 0.3) is 0 Å². The molecule has 0 bridgehead atoms. The van der Waals surface area contributed by atoms with Crippen molar-refractivity contribution >= 4 is 41.6 Å². The molecule has 1 fully saturated rings. The van der Waals surface area contributed by atoms with Crippen molar-refractivity contribution in [1.29, 1.82) is 0 Å². The van der Waals surface area contributed by atoms with Crippen LogP contribution in [0.5, 0.6) is 0 Å². The summed E-state index contributed by atoms with van der Waals surface area (Å²) in [6.07, 6.45) is 0.790. The molecule has 4 unspecified atom stereocenters. The molecule has 17 heteroatoms. The van der Waals surface area contributed by atoms with Crippen LogP contribution >= 0.6 is 0 Å². The van der Waals surface area contributed by atoms with Crippen LogP contribution < -0.4 is 39.3 Å². The number of carboxylic acids is 2. The summed E-state index contributed by atoms with van der Waals surface area (Å²) in [7, 11) is 0. The molecule has 0 aromatic carbocycles. The maximum Gasteiger partial charge on any atom is 0.326 e. The lowest BCUT2D eigenvalue weighted by atomic mass is 10.1. The van der Waals surface area contributed by atoms with Gasteiger partial charge in [-0.3, -0.25) is 29.2 Å². The SMILES string of the molecule is NC(N)=NCCCC(NC(=O)C(CCCN=C(N)N)NC(=O)C1CCCN1C(=O)C(N)CC(=O)O)C(=O)O. The summed E-state index contributed by atoms with van der Waals surface area (Å²) in [5, 5.41) is 23.4. The van der Waals surface area contributed by atoms with Crippen molar-refractivity contribution in [3.63, 3.8) is 0 Å². The highest BCUT2D eigenvalue weighted by atomic mass is 16.4. The highest BCUT2D eigenvalue weighted by molar-refractivity contribution is 5.95. The molecule has 38 heavy (non-hydrogen) atoms. The first-order valence-electron chi connectivity index (χ1n) is 12.1. The first-order valence-corrected chi connectivity index (χ1v) is 12.1. The van der Waals surface area contributed by atoms with Crippen LogP contribution in [-0.4, -0.2) is 100 Å². The normalized spacial score (nSPS) is 17.0. The van der Waals surface area contributed by atoms with Crippen LogP contribution in [-0.2, 0) is 24.0 Å². The van der Waals surface area contributed by atoms with Crippen molar-refractivity contribution in [3.8, 4) is 0 Å².